The van der Waals surface area contributed by atoms with Crippen LogP contribution in [0.3, 0.4) is 0 Å². The summed E-state index contributed by atoms with van der Waals surface area (Å²) in [5.74, 6) is -1.84. The van der Waals surface area contributed by atoms with Gasteiger partial charge in [-0.2, -0.15) is 0 Å². The number of rotatable bonds is 2. The van der Waals surface area contributed by atoms with E-state index in [2.05, 4.69) is 0 Å². The topological polar surface area (TPSA) is 37.4 Å². The molecule has 0 spiro atoms. The van der Waals surface area contributed by atoms with E-state index in [-0.39, 0.29) is 31.2 Å². The van der Waals surface area contributed by atoms with E-state index < -0.39 is 11.6 Å². The molecule has 3 nitrogen and oxygen atoms in total. The van der Waals surface area contributed by atoms with Crippen molar-refractivity contribution in [1.29, 1.82) is 0 Å². The van der Waals surface area contributed by atoms with Crippen LogP contribution in [0.5, 0.6) is 0 Å². The van der Waals surface area contributed by atoms with Gasteiger partial charge < -0.3 is 4.90 Å². The fourth-order valence-corrected chi connectivity index (χ4v) is 1.70. The summed E-state index contributed by atoms with van der Waals surface area (Å²) >= 11 is 0. The van der Waals surface area contributed by atoms with Gasteiger partial charge in [-0.05, 0) is 17.7 Å². The number of hydrogen-bond acceptors (Lipinski definition) is 2. The third-order valence-corrected chi connectivity index (χ3v) is 2.36. The molecule has 0 aliphatic carbocycles. The van der Waals surface area contributed by atoms with Crippen molar-refractivity contribution >= 4 is 11.7 Å². The van der Waals surface area contributed by atoms with Crippen molar-refractivity contribution in [3.05, 3.63) is 35.4 Å². The van der Waals surface area contributed by atoms with Crippen LogP contribution in [0.25, 0.3) is 0 Å². The molecule has 1 aromatic rings. The normalized spacial score (nSPS) is 16.0. The molecule has 0 atom stereocenters. The molecule has 0 saturated carbocycles. The molecule has 1 aliphatic rings. The number of Topliss-reactive ketones (excluding diaryl/α,β-unsaturated/α-hetero) is 1. The highest BCUT2D eigenvalue weighted by molar-refractivity contribution is 6.05. The third-order valence-electron chi connectivity index (χ3n) is 2.36. The molecule has 1 amide bonds. The summed E-state index contributed by atoms with van der Waals surface area (Å²) in [5.41, 5.74) is 0.348. The Hall–Kier alpha value is -1.78. The van der Waals surface area contributed by atoms with E-state index in [0.717, 1.165) is 18.2 Å². The Labute approximate surface area is 90.7 Å². The first-order valence-electron chi connectivity index (χ1n) is 4.79. The number of carbonyl (C=O) groups is 2. The molecule has 84 valence electrons. The van der Waals surface area contributed by atoms with E-state index in [9.17, 15) is 18.4 Å². The van der Waals surface area contributed by atoms with Gasteiger partial charge in [0.25, 0.3) is 0 Å². The van der Waals surface area contributed by atoms with Gasteiger partial charge >= 0.3 is 0 Å². The lowest BCUT2D eigenvalue weighted by atomic mass is 10.2. The summed E-state index contributed by atoms with van der Waals surface area (Å²) in [6.07, 6.45) is -0.113. The van der Waals surface area contributed by atoms with Gasteiger partial charge in [-0.3, -0.25) is 9.59 Å². The molecule has 1 heterocycles. The summed E-state index contributed by atoms with van der Waals surface area (Å²) in [4.78, 5) is 23.5. The number of benzene rings is 1. The van der Waals surface area contributed by atoms with Crippen LogP contribution in [-0.4, -0.2) is 23.1 Å². The number of halogens is 2. The number of amides is 1. The van der Waals surface area contributed by atoms with Gasteiger partial charge in [0.2, 0.25) is 5.91 Å². The van der Waals surface area contributed by atoms with E-state index in [0.29, 0.717) is 5.56 Å². The summed E-state index contributed by atoms with van der Waals surface area (Å²) in [6, 6.07) is 3.07. The Balaban J connectivity index is 2.15. The zero-order valence-electron chi connectivity index (χ0n) is 8.37. The van der Waals surface area contributed by atoms with Crippen LogP contribution in [0.2, 0.25) is 0 Å². The van der Waals surface area contributed by atoms with E-state index in [1.807, 2.05) is 0 Å². The second-order valence-corrected chi connectivity index (χ2v) is 3.74. The minimum absolute atomic E-state index is 0.0248. The summed E-state index contributed by atoms with van der Waals surface area (Å²) in [7, 11) is 0. The minimum atomic E-state index is -0.687. The highest BCUT2D eigenvalue weighted by Gasteiger charge is 2.27. The average Bonchev–Trinajstić information content (AvgIpc) is 2.43. The summed E-state index contributed by atoms with van der Waals surface area (Å²) in [6.45, 7) is 0.0935. The molecular weight excluding hydrogens is 216 g/mol. The second-order valence-electron chi connectivity index (χ2n) is 3.74. The quantitative estimate of drug-likeness (QED) is 0.711. The maximum absolute atomic E-state index is 12.9. The first-order valence-corrected chi connectivity index (χ1v) is 4.79. The predicted octanol–water partition coefficient (Wildman–Crippen LogP) is 1.27. The van der Waals surface area contributed by atoms with Crippen molar-refractivity contribution in [3.8, 4) is 0 Å². The van der Waals surface area contributed by atoms with Crippen LogP contribution < -0.4 is 0 Å². The van der Waals surface area contributed by atoms with Gasteiger partial charge in [-0.1, -0.05) is 0 Å². The molecule has 0 N–H and O–H groups in total. The molecular formula is C11H9F2NO2. The largest absolute Gasteiger partial charge is 0.331 e. The molecule has 2 rings (SSSR count). The number of nitrogens with zero attached hydrogens (tertiary/aromatic N) is 1. The van der Waals surface area contributed by atoms with Crippen molar-refractivity contribution in [2.45, 2.75) is 13.0 Å². The lowest BCUT2D eigenvalue weighted by Gasteiger charge is -2.14. The van der Waals surface area contributed by atoms with E-state index in [4.69, 9.17) is 0 Å². The van der Waals surface area contributed by atoms with Crippen molar-refractivity contribution in [2.75, 3.05) is 6.54 Å². The molecule has 0 bridgehead atoms. The number of ketones is 1. The lowest BCUT2D eigenvalue weighted by Crippen LogP contribution is -2.24. The standard InChI is InChI=1S/C11H9F2NO2/c12-8-1-7(2-9(13)3-8)5-14-6-10(15)4-11(14)16/h1-3H,4-6H2. The Morgan fingerprint density at radius 3 is 2.25 bits per heavy atom. The molecule has 1 aromatic carbocycles. The van der Waals surface area contributed by atoms with Gasteiger partial charge in [0, 0.05) is 12.6 Å². The van der Waals surface area contributed by atoms with Crippen LogP contribution in [-0.2, 0) is 16.1 Å². The predicted molar refractivity (Wildman–Crippen MR) is 51.4 cm³/mol. The molecule has 5 heteroatoms. The molecule has 1 saturated heterocycles. The van der Waals surface area contributed by atoms with Crippen LogP contribution in [0, 0.1) is 11.6 Å². The molecule has 0 radical (unpaired) electrons. The maximum atomic E-state index is 12.9. The van der Waals surface area contributed by atoms with Crippen LogP contribution in [0.15, 0.2) is 18.2 Å². The fraction of sp³-hybridized carbons (Fsp3) is 0.273. The van der Waals surface area contributed by atoms with Gasteiger partial charge in [0.1, 0.15) is 11.6 Å². The summed E-state index contributed by atoms with van der Waals surface area (Å²) in [5, 5.41) is 0. The van der Waals surface area contributed by atoms with Gasteiger partial charge in [0.05, 0.1) is 13.0 Å². The number of carbonyl (C=O) groups excluding carboxylic acids is 2. The van der Waals surface area contributed by atoms with Gasteiger partial charge in [-0.15, -0.1) is 0 Å². The van der Waals surface area contributed by atoms with Crippen molar-refractivity contribution < 1.29 is 18.4 Å². The monoisotopic (exact) mass is 225 g/mol. The highest BCUT2D eigenvalue weighted by atomic mass is 19.1. The van der Waals surface area contributed by atoms with Crippen LogP contribution in [0.1, 0.15) is 12.0 Å². The molecule has 1 aliphatic heterocycles. The first-order chi connectivity index (χ1) is 7.54. The van der Waals surface area contributed by atoms with E-state index >= 15 is 0 Å². The van der Waals surface area contributed by atoms with E-state index in [1.54, 1.807) is 0 Å². The molecule has 0 unspecified atom stereocenters. The molecule has 0 aromatic heterocycles. The van der Waals surface area contributed by atoms with Crippen molar-refractivity contribution in [3.63, 3.8) is 0 Å². The zero-order valence-corrected chi connectivity index (χ0v) is 8.37. The molecule has 1 fully saturated rings. The third kappa shape index (κ3) is 2.24. The lowest BCUT2D eigenvalue weighted by molar-refractivity contribution is -0.128. The molecule has 16 heavy (non-hydrogen) atoms. The SMILES string of the molecule is O=C1CC(=O)N(Cc2cc(F)cc(F)c2)C1. The highest BCUT2D eigenvalue weighted by Crippen LogP contribution is 2.14. The fourth-order valence-electron chi connectivity index (χ4n) is 1.70. The van der Waals surface area contributed by atoms with Crippen LogP contribution >= 0.6 is 0 Å². The zero-order chi connectivity index (χ0) is 11.7. The van der Waals surface area contributed by atoms with Gasteiger partial charge in [0.15, 0.2) is 5.78 Å². The van der Waals surface area contributed by atoms with Crippen molar-refractivity contribution in [1.82, 2.24) is 4.90 Å². The Kier molecular flexibility index (Phi) is 2.68. The number of hydrogen-bond donors (Lipinski definition) is 0. The summed E-state index contributed by atoms with van der Waals surface area (Å²) < 4.78 is 25.7. The van der Waals surface area contributed by atoms with Crippen LogP contribution in [0.4, 0.5) is 8.78 Å². The van der Waals surface area contributed by atoms with Gasteiger partial charge in [-0.25, -0.2) is 8.78 Å². The maximum Gasteiger partial charge on any atom is 0.230 e. The van der Waals surface area contributed by atoms with E-state index in [1.165, 1.54) is 4.90 Å². The smallest absolute Gasteiger partial charge is 0.230 e. The minimum Gasteiger partial charge on any atom is -0.331 e. The number of likely N-dealkylation sites (tertiary alicyclic amines) is 1. The first kappa shape index (κ1) is 10.7. The Morgan fingerprint density at radius 1 is 1.12 bits per heavy atom. The average molecular weight is 225 g/mol. The Morgan fingerprint density at radius 2 is 1.75 bits per heavy atom. The second kappa shape index (κ2) is 4.00. The van der Waals surface area contributed by atoms with Crippen molar-refractivity contribution in [2.24, 2.45) is 0 Å². The Bertz CT molecular complexity index is 439.